The van der Waals surface area contributed by atoms with Gasteiger partial charge in [0.05, 0.1) is 4.92 Å². The first kappa shape index (κ1) is 21.9. The third-order valence-corrected chi connectivity index (χ3v) is 4.07. The minimum Gasteiger partial charge on any atom is -0.349 e. The van der Waals surface area contributed by atoms with E-state index in [1.165, 1.54) is 30.3 Å². The fourth-order valence-corrected chi connectivity index (χ4v) is 2.93. The molecule has 7 nitrogen and oxygen atoms in total. The zero-order valence-electron chi connectivity index (χ0n) is 16.2. The summed E-state index contributed by atoms with van der Waals surface area (Å²) in [5.74, 6) is 0.694. The smallest absolute Gasteiger partial charge is 0.303 e. The molecule has 2 aromatic rings. The van der Waals surface area contributed by atoms with E-state index in [1.54, 1.807) is 39.0 Å². The predicted octanol–water partition coefficient (Wildman–Crippen LogP) is 3.87. The van der Waals surface area contributed by atoms with E-state index in [-0.39, 0.29) is 11.3 Å². The minimum absolute atomic E-state index is 0.213. The quantitative estimate of drug-likeness (QED) is 0.457. The summed E-state index contributed by atoms with van der Waals surface area (Å²) in [6.45, 7) is 5.34. The van der Waals surface area contributed by atoms with Crippen LogP contribution in [0.15, 0.2) is 48.5 Å². The Morgan fingerprint density at radius 1 is 1.21 bits per heavy atom. The summed E-state index contributed by atoms with van der Waals surface area (Å²) in [6, 6.07) is 10.6. The Morgan fingerprint density at radius 2 is 1.86 bits per heavy atom. The molecule has 0 fully saturated rings. The van der Waals surface area contributed by atoms with Crippen molar-refractivity contribution in [3.63, 3.8) is 0 Å². The van der Waals surface area contributed by atoms with Crippen molar-refractivity contribution in [2.75, 3.05) is 4.90 Å². The van der Waals surface area contributed by atoms with Gasteiger partial charge < -0.3 is 5.32 Å². The molecule has 2 rings (SSSR count). The van der Waals surface area contributed by atoms with E-state index in [2.05, 4.69) is 5.32 Å². The summed E-state index contributed by atoms with van der Waals surface area (Å²) in [6.07, 6.45) is 5.36. The molecule has 1 atom stereocenters. The molecule has 0 aliphatic heterocycles. The number of benzene rings is 2. The van der Waals surface area contributed by atoms with E-state index in [9.17, 15) is 19.7 Å². The molecule has 150 valence electrons. The first-order valence-corrected chi connectivity index (χ1v) is 9.03. The maximum atomic E-state index is 13.2. The van der Waals surface area contributed by atoms with Crippen molar-refractivity contribution in [1.82, 2.24) is 5.32 Å². The summed E-state index contributed by atoms with van der Waals surface area (Å²) in [4.78, 5) is 37.6. The zero-order valence-corrected chi connectivity index (χ0v) is 16.9. The Bertz CT molecular complexity index is 992. The van der Waals surface area contributed by atoms with E-state index in [0.717, 1.165) is 4.90 Å². The van der Waals surface area contributed by atoms with Gasteiger partial charge in [-0.2, -0.15) is 0 Å². The van der Waals surface area contributed by atoms with Crippen molar-refractivity contribution in [3.8, 4) is 12.3 Å². The molecule has 8 heteroatoms. The topological polar surface area (TPSA) is 92.6 Å². The molecule has 0 spiro atoms. The van der Waals surface area contributed by atoms with Crippen molar-refractivity contribution in [2.45, 2.75) is 32.4 Å². The number of carbonyl (C=O) groups is 2. The SMILES string of the molecule is C#CC(=O)N(c1cccc(Cl)c1)C(C(=O)NC(C)(C)C)c1cccc([N+](=O)[O-])c1. The zero-order chi connectivity index (χ0) is 21.8. The number of rotatable bonds is 5. The van der Waals surface area contributed by atoms with E-state index in [0.29, 0.717) is 10.7 Å². The second kappa shape index (κ2) is 8.76. The Kier molecular flexibility index (Phi) is 6.62. The number of nitrogens with zero attached hydrogens (tertiary/aromatic N) is 2. The number of nitro groups is 1. The van der Waals surface area contributed by atoms with Crippen LogP contribution in [0.4, 0.5) is 11.4 Å². The van der Waals surface area contributed by atoms with Gasteiger partial charge >= 0.3 is 5.91 Å². The minimum atomic E-state index is -1.24. The summed E-state index contributed by atoms with van der Waals surface area (Å²) < 4.78 is 0. The van der Waals surface area contributed by atoms with Crippen LogP contribution in [-0.4, -0.2) is 22.3 Å². The normalized spacial score (nSPS) is 11.8. The Labute approximate surface area is 173 Å². The van der Waals surface area contributed by atoms with Crippen LogP contribution in [0.5, 0.6) is 0 Å². The highest BCUT2D eigenvalue weighted by molar-refractivity contribution is 6.31. The van der Waals surface area contributed by atoms with Crippen LogP contribution >= 0.6 is 11.6 Å². The van der Waals surface area contributed by atoms with Crippen LogP contribution in [0.2, 0.25) is 5.02 Å². The monoisotopic (exact) mass is 413 g/mol. The van der Waals surface area contributed by atoms with Gasteiger partial charge in [-0.3, -0.25) is 24.6 Å². The number of carbonyl (C=O) groups excluding carboxylic acids is 2. The Hall–Kier alpha value is -3.37. The molecule has 2 aromatic carbocycles. The first-order chi connectivity index (χ1) is 13.5. The number of non-ortho nitro benzene ring substituents is 1. The van der Waals surface area contributed by atoms with Crippen LogP contribution in [0.1, 0.15) is 32.4 Å². The molecule has 0 heterocycles. The molecule has 0 aliphatic carbocycles. The van der Waals surface area contributed by atoms with Crippen LogP contribution in [-0.2, 0) is 9.59 Å². The maximum absolute atomic E-state index is 13.2. The van der Waals surface area contributed by atoms with Crippen molar-refractivity contribution < 1.29 is 14.5 Å². The molecular formula is C21H20ClN3O4. The van der Waals surface area contributed by atoms with Gasteiger partial charge in [-0.25, -0.2) is 0 Å². The average molecular weight is 414 g/mol. The number of nitrogens with one attached hydrogen (secondary N) is 1. The van der Waals surface area contributed by atoms with Crippen LogP contribution in [0.3, 0.4) is 0 Å². The molecule has 1 unspecified atom stereocenters. The molecule has 0 saturated carbocycles. The molecule has 0 bridgehead atoms. The third-order valence-electron chi connectivity index (χ3n) is 3.83. The fourth-order valence-electron chi connectivity index (χ4n) is 2.74. The van der Waals surface area contributed by atoms with Crippen LogP contribution < -0.4 is 10.2 Å². The highest BCUT2D eigenvalue weighted by atomic mass is 35.5. The lowest BCUT2D eigenvalue weighted by atomic mass is 10.00. The van der Waals surface area contributed by atoms with Crippen LogP contribution in [0, 0.1) is 22.5 Å². The van der Waals surface area contributed by atoms with Gasteiger partial charge in [0, 0.05) is 28.4 Å². The molecule has 0 radical (unpaired) electrons. The van der Waals surface area contributed by atoms with Gasteiger partial charge in [0.15, 0.2) is 0 Å². The van der Waals surface area contributed by atoms with E-state index in [1.807, 2.05) is 5.92 Å². The fraction of sp³-hybridized carbons (Fsp3) is 0.238. The largest absolute Gasteiger partial charge is 0.349 e. The Morgan fingerprint density at radius 3 is 2.41 bits per heavy atom. The van der Waals surface area contributed by atoms with Crippen molar-refractivity contribution in [3.05, 3.63) is 69.2 Å². The molecule has 29 heavy (non-hydrogen) atoms. The van der Waals surface area contributed by atoms with Gasteiger partial charge in [0.1, 0.15) is 6.04 Å². The number of amides is 2. The van der Waals surface area contributed by atoms with Gasteiger partial charge in [0.25, 0.3) is 5.69 Å². The molecule has 1 N–H and O–H groups in total. The number of halogens is 1. The van der Waals surface area contributed by atoms with Crippen LogP contribution in [0.25, 0.3) is 0 Å². The second-order valence-corrected chi connectivity index (χ2v) is 7.73. The summed E-state index contributed by atoms with van der Waals surface area (Å²) in [5, 5.41) is 14.4. The van der Waals surface area contributed by atoms with Gasteiger partial charge in [-0.15, -0.1) is 6.42 Å². The average Bonchev–Trinajstić information content (AvgIpc) is 2.63. The number of terminal acetylenes is 1. The third kappa shape index (κ3) is 5.56. The van der Waals surface area contributed by atoms with Gasteiger partial charge in [0.2, 0.25) is 5.91 Å². The summed E-state index contributed by atoms with van der Waals surface area (Å²) in [5.41, 5.74) is -0.296. The highest BCUT2D eigenvalue weighted by Crippen LogP contribution is 2.31. The standard InChI is InChI=1S/C21H20ClN3O4/c1-5-18(26)24(16-10-7-9-15(22)13-16)19(20(27)23-21(2,3)4)14-8-6-11-17(12-14)25(28)29/h1,6-13,19H,2-4H3,(H,23,27). The van der Waals surface area contributed by atoms with Crippen molar-refractivity contribution in [1.29, 1.82) is 0 Å². The number of anilines is 1. The lowest BCUT2D eigenvalue weighted by Gasteiger charge is -2.32. The Balaban J connectivity index is 2.70. The molecule has 0 aliphatic rings. The molecular weight excluding hydrogens is 394 g/mol. The highest BCUT2D eigenvalue weighted by Gasteiger charge is 2.34. The molecule has 2 amide bonds. The maximum Gasteiger partial charge on any atom is 0.303 e. The number of hydrogen-bond donors (Lipinski definition) is 1. The number of hydrogen-bond acceptors (Lipinski definition) is 4. The lowest BCUT2D eigenvalue weighted by Crippen LogP contribution is -2.49. The van der Waals surface area contributed by atoms with E-state index in [4.69, 9.17) is 18.0 Å². The molecule has 0 aromatic heterocycles. The summed E-state index contributed by atoms with van der Waals surface area (Å²) in [7, 11) is 0. The second-order valence-electron chi connectivity index (χ2n) is 7.29. The van der Waals surface area contributed by atoms with Crippen molar-refractivity contribution in [2.24, 2.45) is 0 Å². The van der Waals surface area contributed by atoms with Gasteiger partial charge in [-0.1, -0.05) is 29.8 Å². The predicted molar refractivity (Wildman–Crippen MR) is 112 cm³/mol. The number of nitro benzene ring substituents is 1. The summed E-state index contributed by atoms with van der Waals surface area (Å²) >= 11 is 6.06. The first-order valence-electron chi connectivity index (χ1n) is 8.65. The van der Waals surface area contributed by atoms with Crippen molar-refractivity contribution >= 4 is 34.8 Å². The molecule has 0 saturated heterocycles. The van der Waals surface area contributed by atoms with E-state index >= 15 is 0 Å². The lowest BCUT2D eigenvalue weighted by molar-refractivity contribution is -0.384. The van der Waals surface area contributed by atoms with E-state index < -0.39 is 28.3 Å². The van der Waals surface area contributed by atoms with Gasteiger partial charge in [-0.05, 0) is 50.5 Å².